The minimum atomic E-state index is -0.418. The molecule has 1 saturated heterocycles. The van der Waals surface area contributed by atoms with Crippen LogP contribution in [0.5, 0.6) is 0 Å². The number of H-pyrrole nitrogens is 1. The van der Waals surface area contributed by atoms with Gasteiger partial charge in [0.2, 0.25) is 0 Å². The minimum Gasteiger partial charge on any atom is -0.383 e. The molecule has 4 heterocycles. The summed E-state index contributed by atoms with van der Waals surface area (Å²) in [7, 11) is 0. The summed E-state index contributed by atoms with van der Waals surface area (Å²) in [4.78, 5) is 6.70. The van der Waals surface area contributed by atoms with Crippen molar-refractivity contribution in [3.05, 3.63) is 36.7 Å². The number of rotatable bonds is 5. The SMILES string of the molecule is Nc1nc2cc(-c3cc[nH]n3)ccc2c2nn(CCC(O)N3CCCC3)cc12. The Balaban J connectivity index is 1.46. The van der Waals surface area contributed by atoms with Crippen LogP contribution in [0.4, 0.5) is 5.82 Å². The van der Waals surface area contributed by atoms with Crippen LogP contribution >= 0.6 is 0 Å². The molecule has 0 bridgehead atoms. The van der Waals surface area contributed by atoms with E-state index in [2.05, 4.69) is 20.1 Å². The van der Waals surface area contributed by atoms with Gasteiger partial charge in [-0.25, -0.2) is 4.98 Å². The number of aryl methyl sites for hydroxylation is 1. The highest BCUT2D eigenvalue weighted by atomic mass is 16.3. The lowest BCUT2D eigenvalue weighted by atomic mass is 10.1. The number of benzene rings is 1. The number of aliphatic hydroxyl groups is 1. The van der Waals surface area contributed by atoms with E-state index >= 15 is 0 Å². The van der Waals surface area contributed by atoms with Gasteiger partial charge in [-0.15, -0.1) is 0 Å². The number of aromatic amines is 1. The number of nitrogens with zero attached hydrogens (tertiary/aromatic N) is 5. The van der Waals surface area contributed by atoms with Crippen LogP contribution in [-0.4, -0.2) is 54.3 Å². The van der Waals surface area contributed by atoms with Gasteiger partial charge in [0.15, 0.2) is 0 Å². The zero-order valence-corrected chi connectivity index (χ0v) is 15.5. The number of pyridine rings is 1. The van der Waals surface area contributed by atoms with Crippen LogP contribution in [0, 0.1) is 0 Å². The molecule has 5 rings (SSSR count). The predicted octanol–water partition coefficient (Wildman–Crippen LogP) is 2.36. The van der Waals surface area contributed by atoms with Gasteiger partial charge in [0.05, 0.1) is 16.6 Å². The minimum absolute atomic E-state index is 0.418. The van der Waals surface area contributed by atoms with Crippen molar-refractivity contribution in [2.24, 2.45) is 0 Å². The second-order valence-electron chi connectivity index (χ2n) is 7.36. The number of fused-ring (bicyclic) bond motifs is 3. The molecule has 0 spiro atoms. The molecule has 8 nitrogen and oxygen atoms in total. The zero-order chi connectivity index (χ0) is 19.1. The summed E-state index contributed by atoms with van der Waals surface area (Å²) in [6.07, 6.45) is 6.27. The first kappa shape index (κ1) is 17.2. The highest BCUT2D eigenvalue weighted by Crippen LogP contribution is 2.30. The van der Waals surface area contributed by atoms with Gasteiger partial charge in [-0.2, -0.15) is 10.2 Å². The maximum Gasteiger partial charge on any atom is 0.135 e. The lowest BCUT2D eigenvalue weighted by Crippen LogP contribution is -2.33. The molecular formula is C20H23N7O. The number of likely N-dealkylation sites (tertiary alicyclic amines) is 1. The summed E-state index contributed by atoms with van der Waals surface area (Å²) in [5, 5.41) is 24.0. The fraction of sp³-hybridized carbons (Fsp3) is 0.350. The number of aliphatic hydroxyl groups excluding tert-OH is 1. The molecule has 1 aliphatic rings. The lowest BCUT2D eigenvalue weighted by molar-refractivity contribution is 0.0102. The number of anilines is 1. The molecule has 3 aromatic heterocycles. The molecule has 0 aliphatic carbocycles. The molecule has 28 heavy (non-hydrogen) atoms. The van der Waals surface area contributed by atoms with Crippen LogP contribution in [0.2, 0.25) is 0 Å². The molecule has 1 aliphatic heterocycles. The van der Waals surface area contributed by atoms with Crippen molar-refractivity contribution in [3.63, 3.8) is 0 Å². The Morgan fingerprint density at radius 2 is 2.04 bits per heavy atom. The number of hydrogen-bond acceptors (Lipinski definition) is 6. The molecule has 4 aromatic rings. The maximum absolute atomic E-state index is 10.4. The maximum atomic E-state index is 10.4. The van der Waals surface area contributed by atoms with Gasteiger partial charge >= 0.3 is 0 Å². The van der Waals surface area contributed by atoms with Crippen LogP contribution in [0.3, 0.4) is 0 Å². The number of nitrogens with two attached hydrogens (primary N) is 1. The Hall–Kier alpha value is -2.97. The fourth-order valence-electron chi connectivity index (χ4n) is 3.99. The molecule has 1 fully saturated rings. The van der Waals surface area contributed by atoms with Crippen LogP contribution in [0.1, 0.15) is 19.3 Å². The first-order valence-electron chi connectivity index (χ1n) is 9.68. The molecule has 144 valence electrons. The Labute approximate surface area is 162 Å². The summed E-state index contributed by atoms with van der Waals surface area (Å²) in [5.74, 6) is 0.466. The second-order valence-corrected chi connectivity index (χ2v) is 7.36. The summed E-state index contributed by atoms with van der Waals surface area (Å²) >= 11 is 0. The van der Waals surface area contributed by atoms with Gasteiger partial charge in [-0.1, -0.05) is 6.07 Å². The summed E-state index contributed by atoms with van der Waals surface area (Å²) in [6, 6.07) is 7.94. The molecule has 1 atom stereocenters. The van der Waals surface area contributed by atoms with Gasteiger partial charge in [0.25, 0.3) is 0 Å². The van der Waals surface area contributed by atoms with Crippen molar-refractivity contribution in [1.29, 1.82) is 0 Å². The summed E-state index contributed by atoms with van der Waals surface area (Å²) < 4.78 is 1.86. The first-order chi connectivity index (χ1) is 13.7. The molecule has 0 amide bonds. The van der Waals surface area contributed by atoms with E-state index in [1.165, 1.54) is 0 Å². The standard InChI is InChI=1S/C20H23N7O/c21-20-15-12-27(10-6-18(28)26-8-1-2-9-26)25-19(15)14-4-3-13(11-17(14)23-20)16-5-7-22-24-16/h3-5,7,11-12,18,28H,1-2,6,8-10H2,(H2,21,23)(H,22,24). The third-order valence-electron chi connectivity index (χ3n) is 5.51. The highest BCUT2D eigenvalue weighted by molar-refractivity contribution is 6.08. The van der Waals surface area contributed by atoms with E-state index < -0.39 is 6.23 Å². The first-order valence-corrected chi connectivity index (χ1v) is 9.68. The van der Waals surface area contributed by atoms with Crippen LogP contribution in [0.15, 0.2) is 36.7 Å². The molecule has 8 heteroatoms. The van der Waals surface area contributed by atoms with Gasteiger partial charge in [0, 0.05) is 49.4 Å². The topological polar surface area (TPSA) is 109 Å². The smallest absolute Gasteiger partial charge is 0.135 e. The number of hydrogen-bond donors (Lipinski definition) is 3. The predicted molar refractivity (Wildman–Crippen MR) is 108 cm³/mol. The number of nitrogens with one attached hydrogen (secondary N) is 1. The van der Waals surface area contributed by atoms with Crippen LogP contribution in [0.25, 0.3) is 33.1 Å². The lowest BCUT2D eigenvalue weighted by Gasteiger charge is -2.21. The number of nitrogen functional groups attached to an aromatic ring is 1. The zero-order valence-electron chi connectivity index (χ0n) is 15.5. The fourth-order valence-corrected chi connectivity index (χ4v) is 3.99. The van der Waals surface area contributed by atoms with Crippen molar-refractivity contribution in [2.45, 2.75) is 32.0 Å². The third-order valence-corrected chi connectivity index (χ3v) is 5.51. The van der Waals surface area contributed by atoms with E-state index in [-0.39, 0.29) is 0 Å². The van der Waals surface area contributed by atoms with E-state index in [0.29, 0.717) is 18.8 Å². The normalized spacial score (nSPS) is 16.3. The van der Waals surface area contributed by atoms with Crippen molar-refractivity contribution >= 4 is 27.6 Å². The molecule has 1 aromatic carbocycles. The number of aromatic nitrogens is 5. The third kappa shape index (κ3) is 3.00. The van der Waals surface area contributed by atoms with Gasteiger partial charge < -0.3 is 10.8 Å². The van der Waals surface area contributed by atoms with E-state index in [1.807, 2.05) is 35.1 Å². The van der Waals surface area contributed by atoms with E-state index in [1.54, 1.807) is 6.20 Å². The van der Waals surface area contributed by atoms with Crippen molar-refractivity contribution in [2.75, 3.05) is 18.8 Å². The molecule has 0 radical (unpaired) electrons. The van der Waals surface area contributed by atoms with Crippen LogP contribution in [-0.2, 0) is 6.54 Å². The van der Waals surface area contributed by atoms with Gasteiger partial charge in [0.1, 0.15) is 17.6 Å². The van der Waals surface area contributed by atoms with E-state index in [0.717, 1.165) is 59.0 Å². The second kappa shape index (κ2) is 6.88. The summed E-state index contributed by atoms with van der Waals surface area (Å²) in [5.41, 5.74) is 9.70. The van der Waals surface area contributed by atoms with Crippen molar-refractivity contribution < 1.29 is 5.11 Å². The molecule has 4 N–H and O–H groups in total. The average molecular weight is 377 g/mol. The van der Waals surface area contributed by atoms with Crippen LogP contribution < -0.4 is 5.73 Å². The summed E-state index contributed by atoms with van der Waals surface area (Å²) in [6.45, 7) is 2.59. The Kier molecular flexibility index (Phi) is 4.22. The van der Waals surface area contributed by atoms with E-state index in [9.17, 15) is 5.11 Å². The Morgan fingerprint density at radius 3 is 2.82 bits per heavy atom. The Bertz CT molecular complexity index is 1110. The van der Waals surface area contributed by atoms with Gasteiger partial charge in [-0.3, -0.25) is 14.7 Å². The largest absolute Gasteiger partial charge is 0.383 e. The van der Waals surface area contributed by atoms with Gasteiger partial charge in [-0.05, 0) is 31.0 Å². The van der Waals surface area contributed by atoms with Crippen molar-refractivity contribution in [1.82, 2.24) is 29.9 Å². The molecule has 1 unspecified atom stereocenters. The van der Waals surface area contributed by atoms with Crippen molar-refractivity contribution in [3.8, 4) is 11.3 Å². The average Bonchev–Trinajstić information content (AvgIpc) is 3.47. The monoisotopic (exact) mass is 377 g/mol. The van der Waals surface area contributed by atoms with E-state index in [4.69, 9.17) is 10.8 Å². The highest BCUT2D eigenvalue weighted by Gasteiger charge is 2.20. The quantitative estimate of drug-likeness (QED) is 0.493. The molecule has 0 saturated carbocycles. The Morgan fingerprint density at radius 1 is 1.18 bits per heavy atom. The molecular weight excluding hydrogens is 354 g/mol.